The zero-order chi connectivity index (χ0) is 33.3. The Hall–Kier alpha value is -5.81. The molecular weight excluding hydrogens is 614 g/mol. The molecule has 0 spiro atoms. The molecule has 0 fully saturated rings. The van der Waals surface area contributed by atoms with Crippen LogP contribution in [-0.2, 0) is 16.6 Å². The molecular formula is C36H33N5O5S. The van der Waals surface area contributed by atoms with Crippen LogP contribution in [0.5, 0.6) is 5.75 Å². The smallest absolute Gasteiger partial charge is 0.295 e. The van der Waals surface area contributed by atoms with Crippen LogP contribution < -0.4 is 26.2 Å². The number of hydrogen-bond donors (Lipinski definition) is 3. The second kappa shape index (κ2) is 15.0. The second-order valence-electron chi connectivity index (χ2n) is 10.4. The summed E-state index contributed by atoms with van der Waals surface area (Å²) in [5.41, 5.74) is 2.69. The van der Waals surface area contributed by atoms with Gasteiger partial charge in [-0.2, -0.15) is 0 Å². The molecule has 1 heterocycles. The highest BCUT2D eigenvalue weighted by Crippen LogP contribution is 2.24. The van der Waals surface area contributed by atoms with Gasteiger partial charge in [-0.15, -0.1) is 11.8 Å². The van der Waals surface area contributed by atoms with E-state index in [-0.39, 0.29) is 28.6 Å². The van der Waals surface area contributed by atoms with E-state index in [4.69, 9.17) is 4.74 Å². The highest BCUT2D eigenvalue weighted by atomic mass is 32.2. The van der Waals surface area contributed by atoms with Crippen molar-refractivity contribution in [2.75, 3.05) is 23.5 Å². The predicted octanol–water partition coefficient (Wildman–Crippen LogP) is 5.63. The van der Waals surface area contributed by atoms with Gasteiger partial charge >= 0.3 is 0 Å². The number of thioether (sulfide) groups is 1. The average molecular weight is 648 g/mol. The monoisotopic (exact) mass is 647 g/mol. The zero-order valence-electron chi connectivity index (χ0n) is 26.0. The van der Waals surface area contributed by atoms with Gasteiger partial charge in [0, 0.05) is 28.8 Å². The van der Waals surface area contributed by atoms with Crippen LogP contribution >= 0.6 is 11.8 Å². The minimum atomic E-state index is -0.547. The van der Waals surface area contributed by atoms with Crippen LogP contribution in [0.1, 0.15) is 21.6 Å². The lowest BCUT2D eigenvalue weighted by Crippen LogP contribution is -2.30. The maximum Gasteiger partial charge on any atom is 0.295 e. The molecule has 0 bridgehead atoms. The molecule has 5 rings (SSSR count). The van der Waals surface area contributed by atoms with Crippen LogP contribution in [0.3, 0.4) is 0 Å². The van der Waals surface area contributed by atoms with Crippen LogP contribution in [0.2, 0.25) is 0 Å². The zero-order valence-corrected chi connectivity index (χ0v) is 26.8. The maximum atomic E-state index is 13.5. The molecule has 3 N–H and O–H groups in total. The first-order valence-electron chi connectivity index (χ1n) is 14.6. The molecule has 0 saturated carbocycles. The summed E-state index contributed by atoms with van der Waals surface area (Å²) in [6, 6.07) is 31.9. The average Bonchev–Trinajstić information content (AvgIpc) is 3.30. The van der Waals surface area contributed by atoms with Crippen molar-refractivity contribution in [1.29, 1.82) is 0 Å². The topological polar surface area (TPSA) is 123 Å². The number of carbonyl (C=O) groups excluding carboxylic acids is 3. The summed E-state index contributed by atoms with van der Waals surface area (Å²) >= 11 is 1.25. The lowest BCUT2D eigenvalue weighted by atomic mass is 10.1. The molecule has 0 radical (unpaired) electrons. The molecule has 0 atom stereocenters. The number of nitrogens with one attached hydrogen (secondary N) is 3. The van der Waals surface area contributed by atoms with Gasteiger partial charge in [-0.25, -0.2) is 4.68 Å². The van der Waals surface area contributed by atoms with Gasteiger partial charge in [0.05, 0.1) is 24.2 Å². The summed E-state index contributed by atoms with van der Waals surface area (Å²) in [6.07, 6.45) is 1.55. The summed E-state index contributed by atoms with van der Waals surface area (Å²) in [5, 5.41) is 8.33. The van der Waals surface area contributed by atoms with Crippen LogP contribution in [-0.4, -0.2) is 39.9 Å². The lowest BCUT2D eigenvalue weighted by molar-refractivity contribution is -0.114. The van der Waals surface area contributed by atoms with Crippen molar-refractivity contribution >= 4 is 46.9 Å². The predicted molar refractivity (Wildman–Crippen MR) is 185 cm³/mol. The summed E-state index contributed by atoms with van der Waals surface area (Å²) in [7, 11) is 3.29. The number of methoxy groups -OCH3 is 1. The third kappa shape index (κ3) is 7.89. The lowest BCUT2D eigenvalue weighted by Gasteiger charge is -2.13. The van der Waals surface area contributed by atoms with Crippen molar-refractivity contribution in [3.63, 3.8) is 0 Å². The molecule has 0 aliphatic rings. The van der Waals surface area contributed by atoms with Gasteiger partial charge in [0.15, 0.2) is 0 Å². The van der Waals surface area contributed by atoms with Crippen molar-refractivity contribution in [1.82, 2.24) is 14.7 Å². The van der Waals surface area contributed by atoms with E-state index >= 15 is 0 Å². The summed E-state index contributed by atoms with van der Waals surface area (Å²) in [4.78, 5) is 53.3. The Morgan fingerprint density at radius 3 is 2.26 bits per heavy atom. The summed E-state index contributed by atoms with van der Waals surface area (Å²) in [5.74, 6) is -0.771. The first-order chi connectivity index (χ1) is 22.7. The molecule has 5 aromatic rings. The number of carbonyl (C=O) groups is 3. The first-order valence-corrected chi connectivity index (χ1v) is 15.6. The van der Waals surface area contributed by atoms with E-state index < -0.39 is 11.8 Å². The Kier molecular flexibility index (Phi) is 10.4. The molecule has 0 unspecified atom stereocenters. The van der Waals surface area contributed by atoms with Crippen LogP contribution in [0, 0.1) is 6.92 Å². The minimum Gasteiger partial charge on any atom is -0.496 e. The standard InChI is InChI=1S/C36H33N5O5S/c1-24-33(36(45)41(40(24)2)28-17-8-5-9-18-28)39-32(42)23-47-29-19-12-16-27(22-29)37-35(44)30(21-26-15-10-11-20-31(26)46-3)38-34(43)25-13-6-4-7-14-25/h4-22H,23H2,1-3H3,(H,37,44)(H,38,43)(H,39,42)/b30-21+. The minimum absolute atomic E-state index is 0.0141. The molecule has 1 aromatic heterocycles. The number of para-hydroxylation sites is 2. The van der Waals surface area contributed by atoms with Gasteiger partial charge in [-0.3, -0.25) is 23.9 Å². The van der Waals surface area contributed by atoms with E-state index in [1.165, 1.54) is 23.6 Å². The Labute approximate surface area is 276 Å². The van der Waals surface area contributed by atoms with Gasteiger partial charge in [-0.05, 0) is 61.5 Å². The Bertz CT molecular complexity index is 2000. The molecule has 4 aromatic carbocycles. The normalized spacial score (nSPS) is 11.1. The quantitative estimate of drug-likeness (QED) is 0.126. The summed E-state index contributed by atoms with van der Waals surface area (Å²) in [6.45, 7) is 1.77. The third-order valence-corrected chi connectivity index (χ3v) is 8.24. The van der Waals surface area contributed by atoms with Crippen molar-refractivity contribution in [2.24, 2.45) is 7.05 Å². The first kappa shape index (κ1) is 32.6. The van der Waals surface area contributed by atoms with E-state index in [2.05, 4.69) is 16.0 Å². The number of hydrogen-bond acceptors (Lipinski definition) is 6. The molecule has 0 saturated heterocycles. The Morgan fingerprint density at radius 1 is 0.851 bits per heavy atom. The molecule has 47 heavy (non-hydrogen) atoms. The number of ether oxygens (including phenoxy) is 1. The number of anilines is 2. The van der Waals surface area contributed by atoms with Crippen molar-refractivity contribution in [3.05, 3.63) is 142 Å². The van der Waals surface area contributed by atoms with Gasteiger partial charge in [-0.1, -0.05) is 60.7 Å². The van der Waals surface area contributed by atoms with Crippen LogP contribution in [0.15, 0.2) is 125 Å². The molecule has 11 heteroatoms. The van der Waals surface area contributed by atoms with Crippen molar-refractivity contribution in [3.8, 4) is 11.4 Å². The van der Waals surface area contributed by atoms with Gasteiger partial charge in [0.25, 0.3) is 17.4 Å². The van der Waals surface area contributed by atoms with E-state index in [1.54, 1.807) is 91.5 Å². The van der Waals surface area contributed by atoms with E-state index in [0.29, 0.717) is 38.8 Å². The van der Waals surface area contributed by atoms with E-state index in [9.17, 15) is 19.2 Å². The number of benzene rings is 4. The fraction of sp³-hybridized carbons (Fsp3) is 0.111. The highest BCUT2D eigenvalue weighted by Gasteiger charge is 2.19. The fourth-order valence-corrected chi connectivity index (χ4v) is 5.54. The number of amides is 3. The number of aromatic nitrogens is 2. The maximum absolute atomic E-state index is 13.5. The molecule has 10 nitrogen and oxygen atoms in total. The molecule has 238 valence electrons. The number of nitrogens with zero attached hydrogens (tertiary/aromatic N) is 2. The second-order valence-corrected chi connectivity index (χ2v) is 11.4. The Morgan fingerprint density at radius 2 is 1.53 bits per heavy atom. The van der Waals surface area contributed by atoms with Gasteiger partial charge in [0.1, 0.15) is 17.1 Å². The fourth-order valence-electron chi connectivity index (χ4n) is 4.78. The molecule has 0 aliphatic heterocycles. The largest absolute Gasteiger partial charge is 0.496 e. The van der Waals surface area contributed by atoms with Crippen molar-refractivity contribution < 1.29 is 19.1 Å². The molecule has 0 aliphatic carbocycles. The van der Waals surface area contributed by atoms with Gasteiger partial charge < -0.3 is 20.7 Å². The van der Waals surface area contributed by atoms with Gasteiger partial charge in [0.2, 0.25) is 5.91 Å². The Balaban J connectivity index is 1.28. The summed E-state index contributed by atoms with van der Waals surface area (Å²) < 4.78 is 8.63. The van der Waals surface area contributed by atoms with E-state index in [1.807, 2.05) is 42.5 Å². The van der Waals surface area contributed by atoms with Crippen molar-refractivity contribution in [2.45, 2.75) is 11.8 Å². The van der Waals surface area contributed by atoms with Crippen LogP contribution in [0.25, 0.3) is 11.8 Å². The SMILES string of the molecule is COc1ccccc1/C=C(/NC(=O)c1ccccc1)C(=O)Nc1cccc(SCC(=O)Nc2c(C)n(C)n(-c3ccccc3)c2=O)c1. The third-order valence-electron chi connectivity index (χ3n) is 7.25. The molecule has 3 amide bonds. The highest BCUT2D eigenvalue weighted by molar-refractivity contribution is 8.00. The van der Waals surface area contributed by atoms with Crippen LogP contribution in [0.4, 0.5) is 11.4 Å². The van der Waals surface area contributed by atoms with E-state index in [0.717, 1.165) is 0 Å². The number of rotatable bonds is 11.